The van der Waals surface area contributed by atoms with E-state index in [2.05, 4.69) is 57.7 Å². The van der Waals surface area contributed by atoms with Gasteiger partial charge in [-0.1, -0.05) is 49.6 Å². The second-order valence-electron chi connectivity index (χ2n) is 5.69. The van der Waals surface area contributed by atoms with Gasteiger partial charge in [0, 0.05) is 20.8 Å². The van der Waals surface area contributed by atoms with Crippen molar-refractivity contribution in [3.05, 3.63) is 56.7 Å². The normalized spacial score (nSPS) is 19.7. The van der Waals surface area contributed by atoms with Gasteiger partial charge in [-0.05, 0) is 45.8 Å². The number of halogens is 1. The number of thiophene rings is 1. The van der Waals surface area contributed by atoms with Crippen LogP contribution in [0.15, 0.2) is 46.3 Å². The summed E-state index contributed by atoms with van der Waals surface area (Å²) in [5.41, 5.74) is 8.28. The molecule has 1 atom stereocenters. The van der Waals surface area contributed by atoms with Crippen LogP contribution in [-0.2, 0) is 5.41 Å². The Morgan fingerprint density at radius 1 is 1.05 bits per heavy atom. The molecule has 1 aliphatic carbocycles. The van der Waals surface area contributed by atoms with Gasteiger partial charge in [-0.3, -0.25) is 0 Å². The number of hydrogen-bond acceptors (Lipinski definition) is 2. The van der Waals surface area contributed by atoms with Crippen LogP contribution in [0.25, 0.3) is 0 Å². The van der Waals surface area contributed by atoms with Gasteiger partial charge in [-0.15, -0.1) is 11.3 Å². The molecule has 0 bridgehead atoms. The van der Waals surface area contributed by atoms with Crippen LogP contribution in [0, 0.1) is 0 Å². The maximum atomic E-state index is 6.76. The molecule has 0 saturated heterocycles. The van der Waals surface area contributed by atoms with E-state index in [0.29, 0.717) is 0 Å². The highest BCUT2D eigenvalue weighted by Crippen LogP contribution is 2.49. The number of rotatable bonds is 3. The third-order valence-corrected chi connectivity index (χ3v) is 6.57. The van der Waals surface area contributed by atoms with Crippen molar-refractivity contribution in [1.82, 2.24) is 0 Å². The number of benzene rings is 1. The van der Waals surface area contributed by atoms with E-state index in [4.69, 9.17) is 5.73 Å². The lowest BCUT2D eigenvalue weighted by Gasteiger charge is -2.42. The van der Waals surface area contributed by atoms with Crippen LogP contribution in [0.1, 0.15) is 48.6 Å². The van der Waals surface area contributed by atoms with Crippen molar-refractivity contribution in [2.75, 3.05) is 0 Å². The van der Waals surface area contributed by atoms with E-state index >= 15 is 0 Å². The fourth-order valence-corrected chi connectivity index (χ4v) is 5.25. The van der Waals surface area contributed by atoms with Gasteiger partial charge in [0.2, 0.25) is 0 Å². The lowest BCUT2D eigenvalue weighted by Crippen LogP contribution is -2.40. The molecule has 1 aromatic heterocycles. The van der Waals surface area contributed by atoms with Crippen molar-refractivity contribution in [2.24, 2.45) is 5.73 Å². The van der Waals surface area contributed by atoms with Gasteiger partial charge in [-0.2, -0.15) is 0 Å². The van der Waals surface area contributed by atoms with Crippen LogP contribution < -0.4 is 5.73 Å². The van der Waals surface area contributed by atoms with E-state index < -0.39 is 0 Å². The van der Waals surface area contributed by atoms with E-state index in [-0.39, 0.29) is 11.5 Å². The first-order chi connectivity index (χ1) is 9.74. The summed E-state index contributed by atoms with van der Waals surface area (Å²) < 4.78 is 1.16. The fraction of sp³-hybridized carbons (Fsp3) is 0.412. The molecule has 1 fully saturated rings. The summed E-state index contributed by atoms with van der Waals surface area (Å²) in [5.74, 6) is 0. The average molecular weight is 350 g/mol. The SMILES string of the molecule is NC(c1sccc1Br)C1(c2ccccc2)CCCCC1. The molecule has 1 unspecified atom stereocenters. The highest BCUT2D eigenvalue weighted by Gasteiger charge is 2.41. The molecule has 0 aliphatic heterocycles. The lowest BCUT2D eigenvalue weighted by molar-refractivity contribution is 0.246. The summed E-state index contributed by atoms with van der Waals surface area (Å²) in [6, 6.07) is 13.1. The smallest absolute Gasteiger partial charge is 0.0499 e. The molecule has 2 aromatic rings. The van der Waals surface area contributed by atoms with Gasteiger partial charge < -0.3 is 5.73 Å². The van der Waals surface area contributed by atoms with Gasteiger partial charge in [0.15, 0.2) is 0 Å². The van der Waals surface area contributed by atoms with Crippen molar-refractivity contribution < 1.29 is 0 Å². The standard InChI is InChI=1S/C17H20BrNS/c18-14-9-12-20-15(14)16(19)17(10-5-2-6-11-17)13-7-3-1-4-8-13/h1,3-4,7-9,12,16H,2,5-6,10-11,19H2. The van der Waals surface area contributed by atoms with Crippen molar-refractivity contribution in [2.45, 2.75) is 43.6 Å². The predicted octanol–water partition coefficient (Wildman–Crippen LogP) is 5.41. The molecular formula is C17H20BrNS. The summed E-state index contributed by atoms with van der Waals surface area (Å²) in [4.78, 5) is 1.29. The van der Waals surface area contributed by atoms with Crippen LogP contribution in [-0.4, -0.2) is 0 Å². The van der Waals surface area contributed by atoms with E-state index in [9.17, 15) is 0 Å². The molecule has 2 N–H and O–H groups in total. The Morgan fingerprint density at radius 2 is 1.75 bits per heavy atom. The van der Waals surface area contributed by atoms with Gasteiger partial charge in [0.05, 0.1) is 0 Å². The maximum absolute atomic E-state index is 6.76. The lowest BCUT2D eigenvalue weighted by atomic mass is 9.65. The first-order valence-electron chi connectivity index (χ1n) is 7.28. The van der Waals surface area contributed by atoms with Gasteiger partial charge in [-0.25, -0.2) is 0 Å². The molecule has 20 heavy (non-hydrogen) atoms. The summed E-state index contributed by atoms with van der Waals surface area (Å²) in [7, 11) is 0. The van der Waals surface area contributed by atoms with Crippen LogP contribution in [0.4, 0.5) is 0 Å². The molecule has 106 valence electrons. The second kappa shape index (κ2) is 6.00. The van der Waals surface area contributed by atoms with Crippen molar-refractivity contribution in [3.63, 3.8) is 0 Å². The first-order valence-corrected chi connectivity index (χ1v) is 8.95. The zero-order valence-corrected chi connectivity index (χ0v) is 13.9. The van der Waals surface area contributed by atoms with Crippen LogP contribution in [0.5, 0.6) is 0 Å². The summed E-state index contributed by atoms with van der Waals surface area (Å²) >= 11 is 5.43. The number of hydrogen-bond donors (Lipinski definition) is 1. The minimum absolute atomic E-state index is 0.0829. The van der Waals surface area contributed by atoms with Crippen LogP contribution in [0.2, 0.25) is 0 Å². The minimum Gasteiger partial charge on any atom is -0.323 e. The van der Waals surface area contributed by atoms with E-state index in [0.717, 1.165) is 4.47 Å². The zero-order valence-electron chi connectivity index (χ0n) is 11.5. The summed E-state index contributed by atoms with van der Waals surface area (Å²) in [6.07, 6.45) is 6.30. The molecule has 1 aromatic carbocycles. The van der Waals surface area contributed by atoms with Gasteiger partial charge >= 0.3 is 0 Å². The number of nitrogens with two attached hydrogens (primary N) is 1. The van der Waals surface area contributed by atoms with Gasteiger partial charge in [0.1, 0.15) is 0 Å². The molecule has 0 spiro atoms. The Labute approximate surface area is 133 Å². The topological polar surface area (TPSA) is 26.0 Å². The molecule has 0 radical (unpaired) electrons. The monoisotopic (exact) mass is 349 g/mol. The minimum atomic E-state index is 0.0829. The maximum Gasteiger partial charge on any atom is 0.0499 e. The Kier molecular flexibility index (Phi) is 4.29. The highest BCUT2D eigenvalue weighted by atomic mass is 79.9. The quantitative estimate of drug-likeness (QED) is 0.787. The third kappa shape index (κ3) is 2.47. The largest absolute Gasteiger partial charge is 0.323 e. The molecule has 3 heteroatoms. The van der Waals surface area contributed by atoms with Crippen LogP contribution >= 0.6 is 27.3 Å². The Hall–Kier alpha value is -0.640. The van der Waals surface area contributed by atoms with E-state index in [1.54, 1.807) is 11.3 Å². The second-order valence-corrected chi connectivity index (χ2v) is 7.50. The Bertz CT molecular complexity index is 557. The molecule has 1 saturated carbocycles. The Morgan fingerprint density at radius 3 is 2.35 bits per heavy atom. The Balaban J connectivity index is 2.04. The zero-order chi connectivity index (χ0) is 14.0. The molecule has 0 amide bonds. The predicted molar refractivity (Wildman–Crippen MR) is 90.2 cm³/mol. The third-order valence-electron chi connectivity index (χ3n) is 4.62. The van der Waals surface area contributed by atoms with Crippen molar-refractivity contribution in [1.29, 1.82) is 0 Å². The van der Waals surface area contributed by atoms with Crippen molar-refractivity contribution in [3.8, 4) is 0 Å². The summed E-state index contributed by atoms with van der Waals surface area (Å²) in [6.45, 7) is 0. The highest BCUT2D eigenvalue weighted by molar-refractivity contribution is 9.10. The summed E-state index contributed by atoms with van der Waals surface area (Å²) in [5, 5.41) is 2.13. The first kappa shape index (κ1) is 14.3. The molecule has 1 aliphatic rings. The molecular weight excluding hydrogens is 330 g/mol. The van der Waals surface area contributed by atoms with Crippen molar-refractivity contribution >= 4 is 27.3 Å². The fourth-order valence-electron chi connectivity index (χ4n) is 3.51. The van der Waals surface area contributed by atoms with E-state index in [1.165, 1.54) is 42.5 Å². The van der Waals surface area contributed by atoms with Crippen LogP contribution in [0.3, 0.4) is 0 Å². The molecule has 3 rings (SSSR count). The average Bonchev–Trinajstić information content (AvgIpc) is 2.94. The molecule has 1 nitrogen and oxygen atoms in total. The van der Waals surface area contributed by atoms with E-state index in [1.807, 2.05) is 0 Å². The van der Waals surface area contributed by atoms with Gasteiger partial charge in [0.25, 0.3) is 0 Å². The molecule has 1 heterocycles.